The lowest BCUT2D eigenvalue weighted by molar-refractivity contribution is -0.384. The molecule has 4 nitrogen and oxygen atoms in total. The summed E-state index contributed by atoms with van der Waals surface area (Å²) < 4.78 is 14.0. The molecule has 2 aromatic carbocycles. The van der Waals surface area contributed by atoms with Gasteiger partial charge >= 0.3 is 0 Å². The number of anilines is 1. The van der Waals surface area contributed by atoms with E-state index in [1.165, 1.54) is 18.2 Å². The predicted octanol–water partition coefficient (Wildman–Crippen LogP) is 5.06. The molecule has 0 aliphatic carbocycles. The summed E-state index contributed by atoms with van der Waals surface area (Å²) in [4.78, 5) is 10.7. The molecule has 0 spiro atoms. The van der Waals surface area contributed by atoms with E-state index in [0.717, 1.165) is 5.56 Å². The van der Waals surface area contributed by atoms with Gasteiger partial charge in [-0.1, -0.05) is 35.0 Å². The Hall–Kier alpha value is -1.95. The van der Waals surface area contributed by atoms with Gasteiger partial charge in [-0.05, 0) is 36.2 Å². The second kappa shape index (κ2) is 6.67. The van der Waals surface area contributed by atoms with E-state index in [9.17, 15) is 14.5 Å². The maximum atomic E-state index is 13.3. The van der Waals surface area contributed by atoms with Gasteiger partial charge < -0.3 is 5.32 Å². The lowest BCUT2D eigenvalue weighted by atomic mass is 10.0. The van der Waals surface area contributed by atoms with Crippen LogP contribution in [0.4, 0.5) is 15.8 Å². The van der Waals surface area contributed by atoms with E-state index in [1.54, 1.807) is 24.3 Å². The third-order valence-corrected chi connectivity index (χ3v) is 3.64. The normalized spacial score (nSPS) is 12.0. The molecule has 0 saturated carbocycles. The van der Waals surface area contributed by atoms with E-state index in [2.05, 4.69) is 21.2 Å². The van der Waals surface area contributed by atoms with Crippen molar-refractivity contribution in [3.05, 3.63) is 68.4 Å². The second-order valence-corrected chi connectivity index (χ2v) is 5.49. The molecule has 0 amide bonds. The Morgan fingerprint density at radius 2 is 2.10 bits per heavy atom. The topological polar surface area (TPSA) is 55.2 Å². The molecular weight excluding hydrogens is 339 g/mol. The summed E-state index contributed by atoms with van der Waals surface area (Å²) >= 11 is 3.22. The number of benzene rings is 2. The van der Waals surface area contributed by atoms with E-state index in [-0.39, 0.29) is 17.5 Å². The Balaban J connectivity index is 2.33. The van der Waals surface area contributed by atoms with E-state index < -0.39 is 4.92 Å². The van der Waals surface area contributed by atoms with Crippen molar-refractivity contribution in [2.45, 2.75) is 19.4 Å². The molecule has 0 radical (unpaired) electrons. The number of halogens is 2. The van der Waals surface area contributed by atoms with Gasteiger partial charge in [-0.2, -0.15) is 0 Å². The van der Waals surface area contributed by atoms with E-state index >= 15 is 0 Å². The Morgan fingerprint density at radius 3 is 2.71 bits per heavy atom. The number of nitrogens with zero attached hydrogens (tertiary/aromatic N) is 1. The number of hydrogen-bond donors (Lipinski definition) is 1. The molecule has 1 atom stereocenters. The second-order valence-electron chi connectivity index (χ2n) is 4.58. The predicted molar refractivity (Wildman–Crippen MR) is 83.9 cm³/mol. The first-order chi connectivity index (χ1) is 10.0. The first-order valence-electron chi connectivity index (χ1n) is 6.47. The highest BCUT2D eigenvalue weighted by atomic mass is 79.9. The quantitative estimate of drug-likeness (QED) is 0.604. The van der Waals surface area contributed by atoms with Crippen LogP contribution in [0.15, 0.2) is 46.9 Å². The van der Waals surface area contributed by atoms with Gasteiger partial charge in [0, 0.05) is 10.5 Å². The van der Waals surface area contributed by atoms with E-state index in [4.69, 9.17) is 0 Å². The number of rotatable bonds is 5. The van der Waals surface area contributed by atoms with Crippen molar-refractivity contribution in [1.82, 2.24) is 0 Å². The van der Waals surface area contributed by atoms with Crippen molar-refractivity contribution >= 4 is 27.3 Å². The highest BCUT2D eigenvalue weighted by Crippen LogP contribution is 2.32. The summed E-state index contributed by atoms with van der Waals surface area (Å²) in [5.74, 6) is -0.321. The molecule has 2 aromatic rings. The van der Waals surface area contributed by atoms with Crippen molar-refractivity contribution in [2.75, 3.05) is 5.32 Å². The summed E-state index contributed by atoms with van der Waals surface area (Å²) in [7, 11) is 0. The van der Waals surface area contributed by atoms with Gasteiger partial charge in [0.15, 0.2) is 0 Å². The Bertz CT molecular complexity index is 664. The van der Waals surface area contributed by atoms with Crippen LogP contribution in [0, 0.1) is 15.9 Å². The van der Waals surface area contributed by atoms with Crippen LogP contribution in [0.3, 0.4) is 0 Å². The molecule has 0 bridgehead atoms. The van der Waals surface area contributed by atoms with E-state index in [1.807, 2.05) is 6.92 Å². The highest BCUT2D eigenvalue weighted by molar-refractivity contribution is 9.10. The zero-order valence-corrected chi connectivity index (χ0v) is 12.9. The van der Waals surface area contributed by atoms with Crippen LogP contribution >= 0.6 is 15.9 Å². The standard InChI is InChI=1S/C15H14BrFN2O2/c1-2-13(10-4-3-5-12(17)8-10)18-14-7-6-11(16)9-15(14)19(20)21/h3-9,13,18H,2H2,1H3. The summed E-state index contributed by atoms with van der Waals surface area (Å²) in [6.07, 6.45) is 0.677. The van der Waals surface area contributed by atoms with Crippen LogP contribution in [0.5, 0.6) is 0 Å². The highest BCUT2D eigenvalue weighted by Gasteiger charge is 2.18. The maximum Gasteiger partial charge on any atom is 0.293 e. The third-order valence-electron chi connectivity index (χ3n) is 3.15. The number of nitrogens with one attached hydrogen (secondary N) is 1. The lowest BCUT2D eigenvalue weighted by Crippen LogP contribution is -2.11. The average molecular weight is 353 g/mol. The zero-order valence-electron chi connectivity index (χ0n) is 11.3. The van der Waals surface area contributed by atoms with Crippen LogP contribution < -0.4 is 5.32 Å². The van der Waals surface area contributed by atoms with Gasteiger partial charge in [0.1, 0.15) is 11.5 Å². The van der Waals surface area contributed by atoms with Crippen molar-refractivity contribution in [3.8, 4) is 0 Å². The maximum absolute atomic E-state index is 13.3. The Kier molecular flexibility index (Phi) is 4.90. The minimum Gasteiger partial charge on any atom is -0.373 e. The molecule has 1 unspecified atom stereocenters. The fourth-order valence-corrected chi connectivity index (χ4v) is 2.46. The molecule has 0 aliphatic rings. The SMILES string of the molecule is CCC(Nc1ccc(Br)cc1[N+](=O)[O-])c1cccc(F)c1. The van der Waals surface area contributed by atoms with Gasteiger partial charge in [-0.15, -0.1) is 0 Å². The van der Waals surface area contributed by atoms with Crippen molar-refractivity contribution in [3.63, 3.8) is 0 Å². The van der Waals surface area contributed by atoms with Crippen LogP contribution in [0.1, 0.15) is 24.9 Å². The van der Waals surface area contributed by atoms with Crippen molar-refractivity contribution < 1.29 is 9.31 Å². The molecule has 6 heteroatoms. The Labute approximate surface area is 130 Å². The first-order valence-corrected chi connectivity index (χ1v) is 7.26. The molecular formula is C15H14BrFN2O2. The van der Waals surface area contributed by atoms with Crippen LogP contribution in [-0.2, 0) is 0 Å². The summed E-state index contributed by atoms with van der Waals surface area (Å²) in [5, 5.41) is 14.2. The molecule has 2 rings (SSSR count). The smallest absolute Gasteiger partial charge is 0.293 e. The van der Waals surface area contributed by atoms with Gasteiger partial charge in [-0.3, -0.25) is 10.1 Å². The van der Waals surface area contributed by atoms with E-state index in [0.29, 0.717) is 16.6 Å². The van der Waals surface area contributed by atoms with Crippen molar-refractivity contribution in [2.24, 2.45) is 0 Å². The van der Waals surface area contributed by atoms with Gasteiger partial charge in [0.2, 0.25) is 0 Å². The Morgan fingerprint density at radius 1 is 1.33 bits per heavy atom. The fourth-order valence-electron chi connectivity index (χ4n) is 2.11. The summed E-state index contributed by atoms with van der Waals surface area (Å²) in [6, 6.07) is 10.9. The van der Waals surface area contributed by atoms with Crippen LogP contribution in [-0.4, -0.2) is 4.92 Å². The summed E-state index contributed by atoms with van der Waals surface area (Å²) in [6.45, 7) is 1.94. The zero-order chi connectivity index (χ0) is 15.4. The fraction of sp³-hybridized carbons (Fsp3) is 0.200. The molecule has 110 valence electrons. The lowest BCUT2D eigenvalue weighted by Gasteiger charge is -2.19. The van der Waals surface area contributed by atoms with Gasteiger partial charge in [-0.25, -0.2) is 4.39 Å². The van der Waals surface area contributed by atoms with Gasteiger partial charge in [0.25, 0.3) is 5.69 Å². The average Bonchev–Trinajstić information content (AvgIpc) is 2.45. The number of nitro benzene ring substituents is 1. The summed E-state index contributed by atoms with van der Waals surface area (Å²) in [5.41, 5.74) is 1.16. The molecule has 0 heterocycles. The van der Waals surface area contributed by atoms with Crippen molar-refractivity contribution in [1.29, 1.82) is 0 Å². The molecule has 1 N–H and O–H groups in total. The first kappa shape index (κ1) is 15.4. The molecule has 0 aromatic heterocycles. The minimum atomic E-state index is -0.439. The molecule has 0 aliphatic heterocycles. The molecule has 0 saturated heterocycles. The number of nitro groups is 1. The third kappa shape index (κ3) is 3.78. The monoisotopic (exact) mass is 352 g/mol. The van der Waals surface area contributed by atoms with Crippen LogP contribution in [0.25, 0.3) is 0 Å². The van der Waals surface area contributed by atoms with Gasteiger partial charge in [0.05, 0.1) is 11.0 Å². The number of hydrogen-bond acceptors (Lipinski definition) is 3. The molecule has 0 fully saturated rings. The minimum absolute atomic E-state index is 0.0146. The largest absolute Gasteiger partial charge is 0.373 e. The van der Waals surface area contributed by atoms with Crippen LogP contribution in [0.2, 0.25) is 0 Å². The molecule has 21 heavy (non-hydrogen) atoms.